The third-order valence-corrected chi connectivity index (χ3v) is 2.93. The summed E-state index contributed by atoms with van der Waals surface area (Å²) in [7, 11) is 3.00. The lowest BCUT2D eigenvalue weighted by Gasteiger charge is -2.04. The number of benzene rings is 1. The summed E-state index contributed by atoms with van der Waals surface area (Å²) in [6.07, 6.45) is 0. The van der Waals surface area contributed by atoms with Crippen molar-refractivity contribution >= 4 is 31.3 Å². The number of rotatable bonds is 3. The Labute approximate surface area is 92.0 Å². The molecule has 3 nitrogen and oxygen atoms in total. The second-order valence-electron chi connectivity index (χ2n) is 2.64. The molecule has 0 unspecified atom stereocenters. The molecule has 0 aliphatic heterocycles. The minimum atomic E-state index is -3.59. The van der Waals surface area contributed by atoms with Gasteiger partial charge in [-0.25, -0.2) is 8.42 Å². The van der Waals surface area contributed by atoms with E-state index in [9.17, 15) is 8.42 Å². The zero-order chi connectivity index (χ0) is 10.8. The topological polar surface area (TPSA) is 43.4 Å². The zero-order valence-corrected chi connectivity index (χ0v) is 9.66. The molecule has 0 spiro atoms. The van der Waals surface area contributed by atoms with Crippen LogP contribution in [-0.2, 0) is 14.8 Å². The summed E-state index contributed by atoms with van der Waals surface area (Å²) >= 11 is 5.78. The minimum absolute atomic E-state index is 0.301. The largest absolute Gasteiger partial charge is 0.497 e. The summed E-state index contributed by atoms with van der Waals surface area (Å²) in [5, 5.41) is 0.357. The van der Waals surface area contributed by atoms with Crippen molar-refractivity contribution in [3.05, 3.63) is 28.8 Å². The van der Waals surface area contributed by atoms with Crippen LogP contribution in [0, 0.1) is 0 Å². The van der Waals surface area contributed by atoms with Gasteiger partial charge in [0, 0.05) is 15.7 Å². The van der Waals surface area contributed by atoms with Gasteiger partial charge in [-0.05, 0) is 23.8 Å². The molecule has 0 aliphatic carbocycles. The highest BCUT2D eigenvalue weighted by atomic mass is 35.7. The molecule has 6 heteroatoms. The summed E-state index contributed by atoms with van der Waals surface area (Å²) in [6, 6.07) is 4.76. The Hall–Kier alpha value is -0.450. The maximum absolute atomic E-state index is 10.8. The summed E-state index contributed by atoms with van der Waals surface area (Å²) < 4.78 is 26.6. The van der Waals surface area contributed by atoms with Crippen molar-refractivity contribution < 1.29 is 13.2 Å². The van der Waals surface area contributed by atoms with Crippen LogP contribution in [0.3, 0.4) is 0 Å². The van der Waals surface area contributed by atoms with E-state index in [2.05, 4.69) is 0 Å². The molecule has 78 valence electrons. The molecule has 0 saturated carbocycles. The van der Waals surface area contributed by atoms with Gasteiger partial charge in [0.25, 0.3) is 0 Å². The first-order valence-corrected chi connectivity index (χ1v) is 6.53. The van der Waals surface area contributed by atoms with E-state index in [0.29, 0.717) is 16.3 Å². The van der Waals surface area contributed by atoms with Gasteiger partial charge in [0.1, 0.15) is 5.75 Å². The Balaban J connectivity index is 3.07. The molecule has 0 radical (unpaired) electrons. The average Bonchev–Trinajstić information content (AvgIpc) is 2.06. The standard InChI is InChI=1S/C8H8Cl2O3S/c1-13-7-2-3-8(9)6(4-7)5-14(10,11)12/h2-4H,5H2,1H3. The number of halogens is 2. The lowest BCUT2D eigenvalue weighted by molar-refractivity contribution is 0.414. The Morgan fingerprint density at radius 3 is 2.57 bits per heavy atom. The van der Waals surface area contributed by atoms with Gasteiger partial charge in [0.05, 0.1) is 12.9 Å². The predicted octanol–water partition coefficient (Wildman–Crippen LogP) is 2.42. The molecule has 14 heavy (non-hydrogen) atoms. The van der Waals surface area contributed by atoms with Gasteiger partial charge in [-0.15, -0.1) is 0 Å². The molecule has 0 aliphatic rings. The van der Waals surface area contributed by atoms with E-state index in [1.807, 2.05) is 0 Å². The Morgan fingerprint density at radius 1 is 1.43 bits per heavy atom. The van der Waals surface area contributed by atoms with Crippen LogP contribution in [0.1, 0.15) is 5.56 Å². The third-order valence-electron chi connectivity index (χ3n) is 1.58. The van der Waals surface area contributed by atoms with Crippen LogP contribution in [0.15, 0.2) is 18.2 Å². The summed E-state index contributed by atoms with van der Waals surface area (Å²) in [5.41, 5.74) is 0.431. The van der Waals surface area contributed by atoms with E-state index in [0.717, 1.165) is 0 Å². The van der Waals surface area contributed by atoms with Crippen LogP contribution in [0.2, 0.25) is 5.02 Å². The van der Waals surface area contributed by atoms with Gasteiger partial charge in [0.15, 0.2) is 0 Å². The highest BCUT2D eigenvalue weighted by molar-refractivity contribution is 8.13. The summed E-state index contributed by atoms with van der Waals surface area (Å²) in [6.45, 7) is 0. The highest BCUT2D eigenvalue weighted by Crippen LogP contribution is 2.24. The molecule has 0 bridgehead atoms. The smallest absolute Gasteiger partial charge is 0.236 e. The van der Waals surface area contributed by atoms with Gasteiger partial charge >= 0.3 is 0 Å². The third kappa shape index (κ3) is 3.36. The van der Waals surface area contributed by atoms with Crippen LogP contribution in [0.4, 0.5) is 0 Å². The predicted molar refractivity (Wildman–Crippen MR) is 56.5 cm³/mol. The number of methoxy groups -OCH3 is 1. The lowest BCUT2D eigenvalue weighted by Crippen LogP contribution is -1.96. The van der Waals surface area contributed by atoms with Crippen molar-refractivity contribution in [1.29, 1.82) is 0 Å². The Kier molecular flexibility index (Phi) is 3.64. The Bertz CT molecular complexity index is 428. The molecule has 0 atom stereocenters. The van der Waals surface area contributed by atoms with E-state index in [4.69, 9.17) is 27.0 Å². The number of ether oxygens (including phenoxy) is 1. The summed E-state index contributed by atoms with van der Waals surface area (Å²) in [4.78, 5) is 0. The van der Waals surface area contributed by atoms with E-state index in [1.165, 1.54) is 7.11 Å². The van der Waals surface area contributed by atoms with Gasteiger partial charge in [-0.2, -0.15) is 0 Å². The Morgan fingerprint density at radius 2 is 2.07 bits per heavy atom. The molecular formula is C8H8Cl2O3S. The summed E-state index contributed by atoms with van der Waals surface area (Å²) in [5.74, 6) is 0.245. The lowest BCUT2D eigenvalue weighted by atomic mass is 10.2. The molecule has 1 aromatic rings. The van der Waals surface area contributed by atoms with Crippen molar-refractivity contribution in [2.75, 3.05) is 7.11 Å². The van der Waals surface area contributed by atoms with Crippen molar-refractivity contribution in [1.82, 2.24) is 0 Å². The molecule has 0 N–H and O–H groups in total. The van der Waals surface area contributed by atoms with E-state index in [-0.39, 0.29) is 5.75 Å². The van der Waals surface area contributed by atoms with Crippen LogP contribution < -0.4 is 4.74 Å². The van der Waals surface area contributed by atoms with E-state index < -0.39 is 9.05 Å². The zero-order valence-electron chi connectivity index (χ0n) is 7.33. The molecule has 1 rings (SSSR count). The van der Waals surface area contributed by atoms with Crippen LogP contribution in [0.5, 0.6) is 5.75 Å². The van der Waals surface area contributed by atoms with Crippen molar-refractivity contribution in [3.8, 4) is 5.75 Å². The first-order chi connectivity index (χ1) is 6.42. The molecule has 0 amide bonds. The van der Waals surface area contributed by atoms with Crippen molar-refractivity contribution in [2.24, 2.45) is 0 Å². The van der Waals surface area contributed by atoms with Crippen molar-refractivity contribution in [2.45, 2.75) is 5.75 Å². The van der Waals surface area contributed by atoms with Gasteiger partial charge in [-0.1, -0.05) is 11.6 Å². The highest BCUT2D eigenvalue weighted by Gasteiger charge is 2.11. The van der Waals surface area contributed by atoms with Crippen LogP contribution in [0.25, 0.3) is 0 Å². The first kappa shape index (κ1) is 11.6. The molecule has 0 heterocycles. The number of hydrogen-bond donors (Lipinski definition) is 0. The quantitative estimate of drug-likeness (QED) is 0.779. The fraction of sp³-hybridized carbons (Fsp3) is 0.250. The molecule has 0 aromatic heterocycles. The fourth-order valence-corrected chi connectivity index (χ4v) is 2.20. The van der Waals surface area contributed by atoms with Gasteiger partial charge in [0.2, 0.25) is 9.05 Å². The normalized spacial score (nSPS) is 11.4. The second-order valence-corrected chi connectivity index (χ2v) is 5.82. The molecule has 0 fully saturated rings. The van der Waals surface area contributed by atoms with Gasteiger partial charge < -0.3 is 4.74 Å². The average molecular weight is 255 g/mol. The van der Waals surface area contributed by atoms with Gasteiger partial charge in [-0.3, -0.25) is 0 Å². The van der Waals surface area contributed by atoms with Crippen LogP contribution >= 0.6 is 22.3 Å². The monoisotopic (exact) mass is 254 g/mol. The first-order valence-electron chi connectivity index (χ1n) is 3.67. The van der Waals surface area contributed by atoms with Crippen LogP contribution in [-0.4, -0.2) is 15.5 Å². The maximum atomic E-state index is 10.8. The molecular weight excluding hydrogens is 247 g/mol. The molecule has 1 aromatic carbocycles. The number of hydrogen-bond acceptors (Lipinski definition) is 3. The second kappa shape index (κ2) is 4.38. The van der Waals surface area contributed by atoms with E-state index >= 15 is 0 Å². The van der Waals surface area contributed by atoms with E-state index in [1.54, 1.807) is 18.2 Å². The van der Waals surface area contributed by atoms with Crippen molar-refractivity contribution in [3.63, 3.8) is 0 Å². The minimum Gasteiger partial charge on any atom is -0.497 e. The molecule has 0 saturated heterocycles. The fourth-order valence-electron chi connectivity index (χ4n) is 0.974. The maximum Gasteiger partial charge on any atom is 0.236 e. The SMILES string of the molecule is COc1ccc(Cl)c(CS(=O)(=O)Cl)c1.